The molecule has 0 spiro atoms. The van der Waals surface area contributed by atoms with Crippen molar-refractivity contribution in [3.8, 4) is 0 Å². The maximum absolute atomic E-state index is 11.0. The Bertz CT molecular complexity index is 176. The van der Waals surface area contributed by atoms with Crippen LogP contribution in [0.25, 0.3) is 0 Å². The summed E-state index contributed by atoms with van der Waals surface area (Å²) in [6, 6.07) is -0.318. The van der Waals surface area contributed by atoms with Gasteiger partial charge in [0.25, 0.3) is 0 Å². The first-order valence-corrected chi connectivity index (χ1v) is 5.30. The fourth-order valence-electron chi connectivity index (χ4n) is 1.81. The summed E-state index contributed by atoms with van der Waals surface area (Å²) in [5, 5.41) is 9.07. The summed E-state index contributed by atoms with van der Waals surface area (Å²) < 4.78 is 5.30. The van der Waals surface area contributed by atoms with Crippen molar-refractivity contribution in [2.75, 3.05) is 26.3 Å². The van der Waals surface area contributed by atoms with Crippen LogP contribution in [0.5, 0.6) is 0 Å². The third kappa shape index (κ3) is 3.27. The monoisotopic (exact) mass is 201 g/mol. The van der Waals surface area contributed by atoms with E-state index in [2.05, 4.69) is 0 Å². The maximum atomic E-state index is 11.0. The fraction of sp³-hybridized carbons (Fsp3) is 0.900. The number of carboxylic acids is 1. The molecule has 0 saturated carbocycles. The average molecular weight is 201 g/mol. The summed E-state index contributed by atoms with van der Waals surface area (Å²) in [7, 11) is 0. The van der Waals surface area contributed by atoms with Crippen LogP contribution in [-0.4, -0.2) is 48.3 Å². The van der Waals surface area contributed by atoms with Gasteiger partial charge in [-0.25, -0.2) is 0 Å². The van der Waals surface area contributed by atoms with Crippen LogP contribution in [0.3, 0.4) is 0 Å². The van der Waals surface area contributed by atoms with Crippen LogP contribution in [0, 0.1) is 0 Å². The number of hydrogen-bond donors (Lipinski definition) is 1. The molecule has 4 heteroatoms. The van der Waals surface area contributed by atoms with Gasteiger partial charge in [-0.15, -0.1) is 0 Å². The van der Waals surface area contributed by atoms with Gasteiger partial charge in [0.15, 0.2) is 0 Å². The normalized spacial score (nSPS) is 21.5. The highest BCUT2D eigenvalue weighted by Gasteiger charge is 2.24. The zero-order valence-corrected chi connectivity index (χ0v) is 8.74. The number of carbonyl (C=O) groups is 1. The van der Waals surface area contributed by atoms with Crippen molar-refractivity contribution < 1.29 is 14.6 Å². The van der Waals surface area contributed by atoms with Crippen LogP contribution in [-0.2, 0) is 9.53 Å². The SMILES string of the molecule is CCCC(C(=O)O)N1CCCOCC1. The summed E-state index contributed by atoms with van der Waals surface area (Å²) in [6.45, 7) is 5.03. The van der Waals surface area contributed by atoms with Crippen LogP contribution in [0.15, 0.2) is 0 Å². The first-order chi connectivity index (χ1) is 6.75. The largest absolute Gasteiger partial charge is 0.480 e. The Kier molecular flexibility index (Phi) is 4.90. The Morgan fingerprint density at radius 3 is 2.93 bits per heavy atom. The van der Waals surface area contributed by atoms with Gasteiger partial charge in [-0.05, 0) is 12.8 Å². The Morgan fingerprint density at radius 1 is 1.50 bits per heavy atom. The minimum absolute atomic E-state index is 0.318. The third-order valence-corrected chi connectivity index (χ3v) is 2.54. The number of rotatable bonds is 4. The second kappa shape index (κ2) is 5.98. The lowest BCUT2D eigenvalue weighted by molar-refractivity contribution is -0.143. The molecule has 1 aliphatic heterocycles. The van der Waals surface area contributed by atoms with E-state index in [0.717, 1.165) is 39.0 Å². The molecule has 1 atom stereocenters. The molecule has 0 aromatic rings. The van der Waals surface area contributed by atoms with E-state index in [0.29, 0.717) is 6.61 Å². The summed E-state index contributed by atoms with van der Waals surface area (Å²) >= 11 is 0. The smallest absolute Gasteiger partial charge is 0.320 e. The molecular weight excluding hydrogens is 182 g/mol. The molecule has 1 heterocycles. The van der Waals surface area contributed by atoms with Gasteiger partial charge >= 0.3 is 5.97 Å². The third-order valence-electron chi connectivity index (χ3n) is 2.54. The van der Waals surface area contributed by atoms with Gasteiger partial charge in [0.2, 0.25) is 0 Å². The van der Waals surface area contributed by atoms with Crippen LogP contribution in [0.1, 0.15) is 26.2 Å². The van der Waals surface area contributed by atoms with Crippen LogP contribution in [0.2, 0.25) is 0 Å². The molecule has 1 saturated heterocycles. The maximum Gasteiger partial charge on any atom is 0.320 e. The van der Waals surface area contributed by atoms with Crippen LogP contribution >= 0.6 is 0 Å². The highest BCUT2D eigenvalue weighted by atomic mass is 16.5. The standard InChI is InChI=1S/C10H19NO3/c1-2-4-9(10(12)13)11-5-3-7-14-8-6-11/h9H,2-8H2,1H3,(H,12,13). The summed E-state index contributed by atoms with van der Waals surface area (Å²) in [4.78, 5) is 13.0. The van der Waals surface area contributed by atoms with E-state index in [1.54, 1.807) is 0 Å². The van der Waals surface area contributed by atoms with Crippen molar-refractivity contribution >= 4 is 5.97 Å². The molecule has 14 heavy (non-hydrogen) atoms. The molecule has 0 radical (unpaired) electrons. The molecule has 1 rings (SSSR count). The minimum atomic E-state index is -0.700. The Morgan fingerprint density at radius 2 is 2.29 bits per heavy atom. The zero-order valence-electron chi connectivity index (χ0n) is 8.74. The fourth-order valence-corrected chi connectivity index (χ4v) is 1.81. The van der Waals surface area contributed by atoms with E-state index >= 15 is 0 Å². The summed E-state index contributed by atoms with van der Waals surface area (Å²) in [5.74, 6) is -0.700. The molecule has 82 valence electrons. The lowest BCUT2D eigenvalue weighted by atomic mass is 10.1. The molecule has 4 nitrogen and oxygen atoms in total. The van der Waals surface area contributed by atoms with E-state index in [9.17, 15) is 4.79 Å². The predicted octanol–water partition coefficient (Wildman–Crippen LogP) is 0.962. The average Bonchev–Trinajstić information content (AvgIpc) is 2.41. The first-order valence-electron chi connectivity index (χ1n) is 5.30. The molecule has 1 aliphatic rings. The topological polar surface area (TPSA) is 49.8 Å². The van der Waals surface area contributed by atoms with Crippen molar-refractivity contribution in [1.29, 1.82) is 0 Å². The summed E-state index contributed by atoms with van der Waals surface area (Å²) in [5.41, 5.74) is 0. The predicted molar refractivity (Wildman–Crippen MR) is 53.3 cm³/mol. The lowest BCUT2D eigenvalue weighted by Gasteiger charge is -2.26. The molecule has 0 aliphatic carbocycles. The van der Waals surface area contributed by atoms with E-state index in [1.165, 1.54) is 0 Å². The molecular formula is C10H19NO3. The van der Waals surface area contributed by atoms with Gasteiger partial charge in [-0.2, -0.15) is 0 Å². The Labute approximate surface area is 84.8 Å². The highest BCUT2D eigenvalue weighted by Crippen LogP contribution is 2.10. The Balaban J connectivity index is 2.51. The van der Waals surface area contributed by atoms with E-state index in [4.69, 9.17) is 9.84 Å². The summed E-state index contributed by atoms with van der Waals surface area (Å²) in [6.07, 6.45) is 2.58. The van der Waals surface area contributed by atoms with Crippen molar-refractivity contribution in [2.24, 2.45) is 0 Å². The van der Waals surface area contributed by atoms with Gasteiger partial charge < -0.3 is 9.84 Å². The van der Waals surface area contributed by atoms with Gasteiger partial charge in [0.1, 0.15) is 6.04 Å². The van der Waals surface area contributed by atoms with Gasteiger partial charge in [-0.3, -0.25) is 9.69 Å². The number of ether oxygens (including phenoxy) is 1. The van der Waals surface area contributed by atoms with Crippen molar-refractivity contribution in [2.45, 2.75) is 32.2 Å². The Hall–Kier alpha value is -0.610. The second-order valence-corrected chi connectivity index (χ2v) is 3.64. The number of nitrogens with zero attached hydrogens (tertiary/aromatic N) is 1. The van der Waals surface area contributed by atoms with Gasteiger partial charge in [0, 0.05) is 19.7 Å². The van der Waals surface area contributed by atoms with Crippen LogP contribution in [0.4, 0.5) is 0 Å². The van der Waals surface area contributed by atoms with Crippen molar-refractivity contribution in [3.63, 3.8) is 0 Å². The quantitative estimate of drug-likeness (QED) is 0.736. The van der Waals surface area contributed by atoms with Crippen molar-refractivity contribution in [3.05, 3.63) is 0 Å². The zero-order chi connectivity index (χ0) is 10.4. The second-order valence-electron chi connectivity index (χ2n) is 3.64. The van der Waals surface area contributed by atoms with E-state index in [-0.39, 0.29) is 6.04 Å². The number of hydrogen-bond acceptors (Lipinski definition) is 3. The molecule has 0 bridgehead atoms. The van der Waals surface area contributed by atoms with E-state index < -0.39 is 5.97 Å². The molecule has 0 aromatic heterocycles. The van der Waals surface area contributed by atoms with Gasteiger partial charge in [0.05, 0.1) is 6.61 Å². The molecule has 1 unspecified atom stereocenters. The van der Waals surface area contributed by atoms with Crippen molar-refractivity contribution in [1.82, 2.24) is 4.90 Å². The minimum Gasteiger partial charge on any atom is -0.480 e. The van der Waals surface area contributed by atoms with Gasteiger partial charge in [-0.1, -0.05) is 13.3 Å². The first kappa shape index (κ1) is 11.5. The van der Waals surface area contributed by atoms with Crippen LogP contribution < -0.4 is 0 Å². The molecule has 0 amide bonds. The van der Waals surface area contributed by atoms with E-state index in [1.807, 2.05) is 11.8 Å². The lowest BCUT2D eigenvalue weighted by Crippen LogP contribution is -2.42. The molecule has 1 fully saturated rings. The number of carboxylic acid groups (broad SMARTS) is 1. The highest BCUT2D eigenvalue weighted by molar-refractivity contribution is 5.73. The molecule has 1 N–H and O–H groups in total. The number of aliphatic carboxylic acids is 1. The molecule has 0 aromatic carbocycles.